The zero-order valence-electron chi connectivity index (χ0n) is 11.5. The number of piperidine rings is 1. The first-order valence-electron chi connectivity index (χ1n) is 7.58. The van der Waals surface area contributed by atoms with E-state index in [4.69, 9.17) is 0 Å². The van der Waals surface area contributed by atoms with E-state index in [1.807, 2.05) is 12.1 Å². The summed E-state index contributed by atoms with van der Waals surface area (Å²) in [6.45, 7) is 0. The van der Waals surface area contributed by atoms with Crippen molar-refractivity contribution in [2.75, 3.05) is 4.90 Å². The molecule has 2 heterocycles. The maximum atomic E-state index is 9.29. The van der Waals surface area contributed by atoms with Crippen molar-refractivity contribution in [3.63, 3.8) is 0 Å². The predicted octanol–water partition coefficient (Wildman–Crippen LogP) is 4.23. The Bertz CT molecular complexity index is 682. The molecule has 2 aromatic carbocycles. The molecule has 20 heavy (non-hydrogen) atoms. The molecule has 2 aromatic rings. The van der Waals surface area contributed by atoms with Gasteiger partial charge in [-0.3, -0.25) is 0 Å². The molecule has 0 radical (unpaired) electrons. The quantitative estimate of drug-likeness (QED) is 0.769. The fourth-order valence-electron chi connectivity index (χ4n) is 4.12. The Kier molecular flexibility index (Phi) is 2.67. The minimum absolute atomic E-state index is 0.713. The normalized spacial score (nSPS) is 24.9. The molecule has 2 nitrogen and oxygen atoms in total. The Morgan fingerprint density at radius 1 is 0.900 bits per heavy atom. The third-order valence-electron chi connectivity index (χ3n) is 4.99. The van der Waals surface area contributed by atoms with E-state index in [1.165, 1.54) is 43.2 Å². The van der Waals surface area contributed by atoms with Gasteiger partial charge in [0.25, 0.3) is 0 Å². The van der Waals surface area contributed by atoms with Crippen LogP contribution in [-0.4, -0.2) is 12.1 Å². The minimum atomic E-state index is 0.713. The van der Waals surface area contributed by atoms with Gasteiger partial charge < -0.3 is 4.90 Å². The molecule has 2 aliphatic heterocycles. The van der Waals surface area contributed by atoms with E-state index in [1.54, 1.807) is 0 Å². The van der Waals surface area contributed by atoms with E-state index in [-0.39, 0.29) is 0 Å². The molecule has 0 unspecified atom stereocenters. The summed E-state index contributed by atoms with van der Waals surface area (Å²) in [5, 5.41) is 11.6. The molecular formula is C18H18N2. The van der Waals surface area contributed by atoms with Gasteiger partial charge in [0.15, 0.2) is 0 Å². The molecule has 0 saturated carbocycles. The zero-order valence-corrected chi connectivity index (χ0v) is 11.5. The Morgan fingerprint density at radius 3 is 2.30 bits per heavy atom. The largest absolute Gasteiger partial charge is 0.365 e. The van der Waals surface area contributed by atoms with Gasteiger partial charge in [0, 0.05) is 28.5 Å². The highest BCUT2D eigenvalue weighted by Gasteiger charge is 2.37. The van der Waals surface area contributed by atoms with Crippen molar-refractivity contribution < 1.29 is 0 Å². The van der Waals surface area contributed by atoms with Crippen molar-refractivity contribution in [1.29, 1.82) is 5.26 Å². The first-order valence-corrected chi connectivity index (χ1v) is 7.58. The summed E-state index contributed by atoms with van der Waals surface area (Å²) < 4.78 is 0. The van der Waals surface area contributed by atoms with E-state index < -0.39 is 0 Å². The Labute approximate surface area is 119 Å². The molecule has 2 bridgehead atoms. The molecule has 0 aromatic heterocycles. The Balaban J connectivity index is 1.91. The van der Waals surface area contributed by atoms with Crippen LogP contribution in [0.15, 0.2) is 36.4 Å². The van der Waals surface area contributed by atoms with E-state index in [9.17, 15) is 5.26 Å². The van der Waals surface area contributed by atoms with Crippen LogP contribution in [0, 0.1) is 11.3 Å². The second-order valence-corrected chi connectivity index (χ2v) is 6.01. The van der Waals surface area contributed by atoms with Gasteiger partial charge in [-0.05, 0) is 44.2 Å². The molecule has 4 rings (SSSR count). The lowest BCUT2D eigenvalue weighted by Crippen LogP contribution is -2.39. The number of hydrogen-bond acceptors (Lipinski definition) is 2. The maximum Gasteiger partial charge on any atom is 0.0998 e. The van der Waals surface area contributed by atoms with Crippen LogP contribution in [0.25, 0.3) is 10.8 Å². The highest BCUT2D eigenvalue weighted by atomic mass is 15.2. The highest BCUT2D eigenvalue weighted by molar-refractivity contribution is 5.98. The molecule has 0 spiro atoms. The molecule has 2 atom stereocenters. The summed E-state index contributed by atoms with van der Waals surface area (Å²) in [5.74, 6) is 0. The Hall–Kier alpha value is -2.01. The number of benzene rings is 2. The summed E-state index contributed by atoms with van der Waals surface area (Å²) in [7, 11) is 0. The third kappa shape index (κ3) is 1.63. The van der Waals surface area contributed by atoms with E-state index in [2.05, 4.69) is 35.2 Å². The topological polar surface area (TPSA) is 27.0 Å². The van der Waals surface area contributed by atoms with E-state index >= 15 is 0 Å². The summed E-state index contributed by atoms with van der Waals surface area (Å²) >= 11 is 0. The van der Waals surface area contributed by atoms with Crippen LogP contribution in [0.5, 0.6) is 0 Å². The smallest absolute Gasteiger partial charge is 0.0998 e. The van der Waals surface area contributed by atoms with Crippen molar-refractivity contribution >= 4 is 16.5 Å². The lowest BCUT2D eigenvalue weighted by Gasteiger charge is -2.37. The van der Waals surface area contributed by atoms with Gasteiger partial charge in [-0.15, -0.1) is 0 Å². The molecule has 0 aliphatic carbocycles. The maximum absolute atomic E-state index is 9.29. The van der Waals surface area contributed by atoms with Gasteiger partial charge in [0.1, 0.15) is 0 Å². The van der Waals surface area contributed by atoms with E-state index in [0.717, 1.165) is 10.9 Å². The summed E-state index contributed by atoms with van der Waals surface area (Å²) in [5.41, 5.74) is 2.13. The highest BCUT2D eigenvalue weighted by Crippen LogP contribution is 2.42. The van der Waals surface area contributed by atoms with Crippen LogP contribution in [-0.2, 0) is 0 Å². The van der Waals surface area contributed by atoms with E-state index in [0.29, 0.717) is 12.1 Å². The molecule has 2 saturated heterocycles. The molecule has 2 heteroatoms. The van der Waals surface area contributed by atoms with Crippen molar-refractivity contribution in [3.05, 3.63) is 42.0 Å². The molecule has 0 amide bonds. The lowest BCUT2D eigenvalue weighted by atomic mass is 9.98. The first-order chi connectivity index (χ1) is 9.88. The fourth-order valence-corrected chi connectivity index (χ4v) is 4.12. The van der Waals surface area contributed by atoms with Gasteiger partial charge in [-0.2, -0.15) is 5.26 Å². The fraction of sp³-hybridized carbons (Fsp3) is 0.389. The molecule has 2 aliphatic rings. The van der Waals surface area contributed by atoms with Crippen molar-refractivity contribution in [2.24, 2.45) is 0 Å². The van der Waals surface area contributed by atoms with Crippen LogP contribution in [0.4, 0.5) is 5.69 Å². The van der Waals surface area contributed by atoms with Gasteiger partial charge in [-0.25, -0.2) is 0 Å². The number of fused-ring (bicyclic) bond motifs is 3. The van der Waals surface area contributed by atoms with Gasteiger partial charge >= 0.3 is 0 Å². The number of rotatable bonds is 1. The van der Waals surface area contributed by atoms with Gasteiger partial charge in [0.05, 0.1) is 11.6 Å². The number of anilines is 1. The summed E-state index contributed by atoms with van der Waals surface area (Å²) in [6.07, 6.45) is 6.69. The molecule has 100 valence electrons. The third-order valence-corrected chi connectivity index (χ3v) is 4.99. The van der Waals surface area contributed by atoms with Crippen molar-refractivity contribution in [1.82, 2.24) is 0 Å². The molecule has 2 fully saturated rings. The number of hydrogen-bond donors (Lipinski definition) is 0. The predicted molar refractivity (Wildman–Crippen MR) is 81.8 cm³/mol. The van der Waals surface area contributed by atoms with Crippen molar-refractivity contribution in [3.8, 4) is 6.07 Å². The lowest BCUT2D eigenvalue weighted by molar-refractivity contribution is 0.469. The average molecular weight is 262 g/mol. The second kappa shape index (κ2) is 4.52. The summed E-state index contributed by atoms with van der Waals surface area (Å²) in [4.78, 5) is 2.65. The second-order valence-electron chi connectivity index (χ2n) is 6.01. The van der Waals surface area contributed by atoms with Crippen LogP contribution in [0.3, 0.4) is 0 Å². The average Bonchev–Trinajstić information content (AvgIpc) is 2.75. The van der Waals surface area contributed by atoms with Crippen molar-refractivity contribution in [2.45, 2.75) is 44.2 Å². The van der Waals surface area contributed by atoms with Crippen LogP contribution < -0.4 is 4.90 Å². The van der Waals surface area contributed by atoms with Gasteiger partial charge in [0.2, 0.25) is 0 Å². The zero-order chi connectivity index (χ0) is 13.5. The van der Waals surface area contributed by atoms with Crippen LogP contribution in [0.2, 0.25) is 0 Å². The van der Waals surface area contributed by atoms with Crippen LogP contribution in [0.1, 0.15) is 37.7 Å². The molecule has 0 N–H and O–H groups in total. The van der Waals surface area contributed by atoms with Gasteiger partial charge in [-0.1, -0.05) is 24.3 Å². The first kappa shape index (κ1) is 11.8. The summed E-state index contributed by atoms with van der Waals surface area (Å²) in [6, 6.07) is 16.2. The SMILES string of the molecule is N#Cc1ccc(N2[C@@H]3CCC[C@H]2CC3)c2ccccc12. The Morgan fingerprint density at radius 2 is 1.60 bits per heavy atom. The minimum Gasteiger partial charge on any atom is -0.365 e. The van der Waals surface area contributed by atoms with Crippen LogP contribution >= 0.6 is 0 Å². The molecular weight excluding hydrogens is 244 g/mol. The number of nitrogens with zero attached hydrogens (tertiary/aromatic N) is 2. The standard InChI is InChI=1S/C18H18N2/c19-12-13-8-11-18(17-7-2-1-6-16(13)17)20-14-4-3-5-15(20)10-9-14/h1-2,6-8,11,14-15H,3-5,9-10H2/t14-,15+. The number of nitriles is 1. The monoisotopic (exact) mass is 262 g/mol.